The number of primary sulfonamides is 1. The van der Waals surface area contributed by atoms with Crippen LogP contribution in [0.2, 0.25) is 5.02 Å². The van der Waals surface area contributed by atoms with Crippen molar-refractivity contribution >= 4 is 44.8 Å². The predicted octanol–water partition coefficient (Wildman–Crippen LogP) is 3.01. The lowest BCUT2D eigenvalue weighted by atomic mass is 9.98. The molecule has 3 N–H and O–H groups in total. The molecule has 1 fully saturated rings. The summed E-state index contributed by atoms with van der Waals surface area (Å²) in [5.41, 5.74) is 0.743. The van der Waals surface area contributed by atoms with Crippen LogP contribution < -0.4 is 10.0 Å². The zero-order valence-electron chi connectivity index (χ0n) is 16.3. The van der Waals surface area contributed by atoms with Crippen LogP contribution in [-0.4, -0.2) is 30.2 Å². The highest BCUT2D eigenvalue weighted by atomic mass is 35.5. The van der Waals surface area contributed by atoms with Gasteiger partial charge in [-0.05, 0) is 60.7 Å². The summed E-state index contributed by atoms with van der Waals surface area (Å²) in [6.45, 7) is 0. The van der Waals surface area contributed by atoms with Gasteiger partial charge in [-0.25, -0.2) is 13.6 Å². The Balaban J connectivity index is 1.90. The average molecular weight is 470 g/mol. The molecule has 1 amide bonds. The van der Waals surface area contributed by atoms with Crippen molar-refractivity contribution in [3.63, 3.8) is 0 Å². The standard InChI is InChI=1S/C22H16ClN3O5S/c23-14-6-4-13(5-7-14)20(27)18-19(17-3-1-2-12-25-17)26(22(29)21(18)28)15-8-10-16(11-9-15)32(24,30)31/h1-12,19,27H,(H2,24,30,31)/b20-18+. The highest BCUT2D eigenvalue weighted by molar-refractivity contribution is 7.89. The number of aliphatic hydroxyl groups excluding tert-OH is 1. The van der Waals surface area contributed by atoms with Crippen LogP contribution in [0.4, 0.5) is 5.69 Å². The van der Waals surface area contributed by atoms with Gasteiger partial charge in [-0.1, -0.05) is 17.7 Å². The molecule has 10 heteroatoms. The SMILES string of the molecule is NS(=O)(=O)c1ccc(N2C(=O)C(=O)/C(=C(/O)c3ccc(Cl)cc3)C2c2ccccn2)cc1. The summed E-state index contributed by atoms with van der Waals surface area (Å²) >= 11 is 5.91. The molecule has 3 aromatic rings. The van der Waals surface area contributed by atoms with Crippen molar-refractivity contribution in [2.45, 2.75) is 10.9 Å². The van der Waals surface area contributed by atoms with E-state index in [1.807, 2.05) is 0 Å². The van der Waals surface area contributed by atoms with Crippen molar-refractivity contribution in [2.24, 2.45) is 5.14 Å². The first-order chi connectivity index (χ1) is 15.2. The Kier molecular flexibility index (Phi) is 5.55. The second-order valence-corrected chi connectivity index (χ2v) is 8.97. The minimum Gasteiger partial charge on any atom is -0.507 e. The molecule has 0 aliphatic carbocycles. The third-order valence-electron chi connectivity index (χ3n) is 4.97. The van der Waals surface area contributed by atoms with Crippen LogP contribution in [0.15, 0.2) is 83.4 Å². The fraction of sp³-hybridized carbons (Fsp3) is 0.0455. The molecular formula is C22H16ClN3O5S. The second-order valence-electron chi connectivity index (χ2n) is 6.97. The van der Waals surface area contributed by atoms with Gasteiger partial charge in [0.15, 0.2) is 0 Å². The molecule has 1 unspecified atom stereocenters. The minimum absolute atomic E-state index is 0.145. The number of hydrogen-bond acceptors (Lipinski definition) is 6. The number of benzene rings is 2. The summed E-state index contributed by atoms with van der Waals surface area (Å²) in [4.78, 5) is 31.3. The van der Waals surface area contributed by atoms with Crippen LogP contribution >= 0.6 is 11.6 Å². The molecule has 2 heterocycles. The quantitative estimate of drug-likeness (QED) is 0.343. The summed E-state index contributed by atoms with van der Waals surface area (Å²) in [5.74, 6) is -2.16. The summed E-state index contributed by atoms with van der Waals surface area (Å²) in [7, 11) is -3.94. The molecule has 4 rings (SSSR count). The largest absolute Gasteiger partial charge is 0.507 e. The maximum absolute atomic E-state index is 13.0. The normalized spacial score (nSPS) is 18.2. The molecular weight excluding hydrogens is 454 g/mol. The molecule has 2 aromatic carbocycles. The van der Waals surface area contributed by atoms with Crippen LogP contribution in [0.5, 0.6) is 0 Å². The van der Waals surface area contributed by atoms with Crippen LogP contribution in [-0.2, 0) is 19.6 Å². The Morgan fingerprint density at radius 2 is 1.66 bits per heavy atom. The molecule has 0 radical (unpaired) electrons. The number of nitrogens with two attached hydrogens (primary N) is 1. The van der Waals surface area contributed by atoms with E-state index in [-0.39, 0.29) is 21.9 Å². The number of carbonyl (C=O) groups is 2. The Hall–Kier alpha value is -3.53. The summed E-state index contributed by atoms with van der Waals surface area (Å²) in [5, 5.41) is 16.5. The Morgan fingerprint density at radius 1 is 1.00 bits per heavy atom. The van der Waals surface area contributed by atoms with E-state index in [4.69, 9.17) is 16.7 Å². The second kappa shape index (κ2) is 8.19. The van der Waals surface area contributed by atoms with Crippen LogP contribution in [0.3, 0.4) is 0 Å². The van der Waals surface area contributed by atoms with Gasteiger partial charge in [0.25, 0.3) is 11.7 Å². The van der Waals surface area contributed by atoms with E-state index in [0.29, 0.717) is 16.3 Å². The number of halogens is 1. The fourth-order valence-corrected chi connectivity index (χ4v) is 4.12. The van der Waals surface area contributed by atoms with E-state index in [2.05, 4.69) is 4.98 Å². The number of nitrogens with zero attached hydrogens (tertiary/aromatic N) is 2. The number of aromatic nitrogens is 1. The van der Waals surface area contributed by atoms with E-state index < -0.39 is 27.8 Å². The molecule has 0 saturated carbocycles. The Labute approximate surface area is 188 Å². The Morgan fingerprint density at radius 3 is 2.22 bits per heavy atom. The number of rotatable bonds is 4. The third kappa shape index (κ3) is 3.89. The number of anilines is 1. The number of pyridine rings is 1. The molecule has 1 aliphatic rings. The first-order valence-corrected chi connectivity index (χ1v) is 11.2. The number of amides is 1. The van der Waals surface area contributed by atoms with E-state index in [1.165, 1.54) is 47.5 Å². The van der Waals surface area contributed by atoms with Gasteiger partial charge in [0.1, 0.15) is 11.8 Å². The average Bonchev–Trinajstić information content (AvgIpc) is 3.04. The number of aliphatic hydroxyl groups is 1. The zero-order chi connectivity index (χ0) is 23.0. The number of ketones is 1. The van der Waals surface area contributed by atoms with Gasteiger partial charge in [-0.2, -0.15) is 0 Å². The van der Waals surface area contributed by atoms with Crippen molar-refractivity contribution in [3.05, 3.63) is 94.8 Å². The minimum atomic E-state index is -3.94. The molecule has 162 valence electrons. The monoisotopic (exact) mass is 469 g/mol. The van der Waals surface area contributed by atoms with Gasteiger partial charge in [0, 0.05) is 22.5 Å². The van der Waals surface area contributed by atoms with Crippen molar-refractivity contribution < 1.29 is 23.1 Å². The molecule has 0 bridgehead atoms. The predicted molar refractivity (Wildman–Crippen MR) is 118 cm³/mol. The van der Waals surface area contributed by atoms with Crippen LogP contribution in [0.25, 0.3) is 5.76 Å². The van der Waals surface area contributed by atoms with Gasteiger partial charge in [-0.3, -0.25) is 19.5 Å². The highest BCUT2D eigenvalue weighted by Crippen LogP contribution is 2.41. The lowest BCUT2D eigenvalue weighted by molar-refractivity contribution is -0.132. The molecule has 8 nitrogen and oxygen atoms in total. The third-order valence-corrected chi connectivity index (χ3v) is 6.15. The van der Waals surface area contributed by atoms with E-state index in [1.54, 1.807) is 30.3 Å². The number of Topliss-reactive ketones (excluding diaryl/α,β-unsaturated/α-hetero) is 1. The highest BCUT2D eigenvalue weighted by Gasteiger charge is 2.47. The first kappa shape index (κ1) is 21.7. The lowest BCUT2D eigenvalue weighted by Crippen LogP contribution is -2.29. The Bertz CT molecular complexity index is 1340. The van der Waals surface area contributed by atoms with Gasteiger partial charge in [0.05, 0.1) is 16.2 Å². The summed E-state index contributed by atoms with van der Waals surface area (Å²) in [6, 6.07) is 15.3. The van der Waals surface area contributed by atoms with Crippen LogP contribution in [0, 0.1) is 0 Å². The fourth-order valence-electron chi connectivity index (χ4n) is 3.48. The summed E-state index contributed by atoms with van der Waals surface area (Å²) < 4.78 is 23.1. The maximum Gasteiger partial charge on any atom is 0.300 e. The maximum atomic E-state index is 13.0. The van der Waals surface area contributed by atoms with Gasteiger partial charge in [0.2, 0.25) is 10.0 Å². The summed E-state index contributed by atoms with van der Waals surface area (Å²) in [6.07, 6.45) is 1.50. The van der Waals surface area contributed by atoms with Gasteiger partial charge in [-0.15, -0.1) is 0 Å². The van der Waals surface area contributed by atoms with E-state index >= 15 is 0 Å². The van der Waals surface area contributed by atoms with Crippen molar-refractivity contribution in [1.82, 2.24) is 4.98 Å². The molecule has 32 heavy (non-hydrogen) atoms. The molecule has 0 spiro atoms. The van der Waals surface area contributed by atoms with Gasteiger partial charge < -0.3 is 5.11 Å². The van der Waals surface area contributed by atoms with Gasteiger partial charge >= 0.3 is 0 Å². The zero-order valence-corrected chi connectivity index (χ0v) is 17.9. The smallest absolute Gasteiger partial charge is 0.300 e. The van der Waals surface area contributed by atoms with Crippen molar-refractivity contribution in [1.29, 1.82) is 0 Å². The molecule has 1 saturated heterocycles. The molecule has 1 atom stereocenters. The lowest BCUT2D eigenvalue weighted by Gasteiger charge is -2.24. The number of hydrogen-bond donors (Lipinski definition) is 2. The van der Waals surface area contributed by atoms with Crippen molar-refractivity contribution in [3.8, 4) is 0 Å². The van der Waals surface area contributed by atoms with E-state index in [0.717, 1.165) is 0 Å². The first-order valence-electron chi connectivity index (χ1n) is 9.29. The van der Waals surface area contributed by atoms with E-state index in [9.17, 15) is 23.1 Å². The number of sulfonamides is 1. The molecule has 1 aliphatic heterocycles. The topological polar surface area (TPSA) is 131 Å². The number of carbonyl (C=O) groups excluding carboxylic acids is 2. The van der Waals surface area contributed by atoms with Crippen LogP contribution in [0.1, 0.15) is 17.3 Å². The van der Waals surface area contributed by atoms with Crippen molar-refractivity contribution in [2.75, 3.05) is 4.90 Å². The molecule has 1 aromatic heterocycles.